The smallest absolute Gasteiger partial charge is 0.244 e. The van der Waals surface area contributed by atoms with Crippen LogP contribution >= 0.6 is 11.6 Å². The summed E-state index contributed by atoms with van der Waals surface area (Å²) in [5.41, 5.74) is 2.16. The van der Waals surface area contributed by atoms with Crippen LogP contribution < -0.4 is 5.32 Å². The molecule has 138 valence electrons. The SMILES string of the molecule is Cc1cnn(CC(=O)N2CC[C@@H](C(=O)NCCc3ccc(Cl)cc3)C2)c1. The van der Waals surface area contributed by atoms with Crippen LogP contribution in [-0.2, 0) is 22.6 Å². The number of nitrogens with one attached hydrogen (secondary N) is 1. The summed E-state index contributed by atoms with van der Waals surface area (Å²) in [6, 6.07) is 7.61. The van der Waals surface area contributed by atoms with Gasteiger partial charge < -0.3 is 10.2 Å². The van der Waals surface area contributed by atoms with Crippen LogP contribution in [0.1, 0.15) is 17.5 Å². The molecule has 2 aromatic rings. The van der Waals surface area contributed by atoms with Crippen LogP contribution in [0.2, 0.25) is 5.02 Å². The number of halogens is 1. The van der Waals surface area contributed by atoms with E-state index in [9.17, 15) is 9.59 Å². The number of carbonyl (C=O) groups is 2. The zero-order chi connectivity index (χ0) is 18.5. The summed E-state index contributed by atoms with van der Waals surface area (Å²) in [6.45, 7) is 3.84. The summed E-state index contributed by atoms with van der Waals surface area (Å²) in [5.74, 6) is -0.114. The highest BCUT2D eigenvalue weighted by Crippen LogP contribution is 2.17. The number of hydrogen-bond donors (Lipinski definition) is 1. The molecule has 0 unspecified atom stereocenters. The lowest BCUT2D eigenvalue weighted by Gasteiger charge is -2.16. The fourth-order valence-corrected chi connectivity index (χ4v) is 3.24. The topological polar surface area (TPSA) is 67.2 Å². The Bertz CT molecular complexity index is 772. The molecule has 6 nitrogen and oxygen atoms in total. The van der Waals surface area contributed by atoms with Crippen LogP contribution in [0.3, 0.4) is 0 Å². The molecule has 3 rings (SSSR count). The van der Waals surface area contributed by atoms with Crippen LogP contribution in [0.4, 0.5) is 0 Å². The number of likely N-dealkylation sites (tertiary alicyclic amines) is 1. The molecule has 1 aliphatic rings. The van der Waals surface area contributed by atoms with Gasteiger partial charge in [-0.15, -0.1) is 0 Å². The maximum Gasteiger partial charge on any atom is 0.244 e. The first-order chi connectivity index (χ1) is 12.5. The van der Waals surface area contributed by atoms with Crippen molar-refractivity contribution in [2.24, 2.45) is 5.92 Å². The number of amides is 2. The molecular weight excluding hydrogens is 352 g/mol. The maximum atomic E-state index is 12.3. The fraction of sp³-hybridized carbons (Fsp3) is 0.421. The predicted molar refractivity (Wildman–Crippen MR) is 99.8 cm³/mol. The lowest BCUT2D eigenvalue weighted by Crippen LogP contribution is -2.36. The highest BCUT2D eigenvalue weighted by atomic mass is 35.5. The minimum absolute atomic E-state index is 0.00423. The van der Waals surface area contributed by atoms with Gasteiger partial charge >= 0.3 is 0 Å². The first kappa shape index (κ1) is 18.5. The second kappa shape index (κ2) is 8.36. The van der Waals surface area contributed by atoms with Crippen LogP contribution in [-0.4, -0.2) is 46.1 Å². The number of aryl methyl sites for hydroxylation is 1. The number of carbonyl (C=O) groups excluding carboxylic acids is 2. The number of hydrogen-bond acceptors (Lipinski definition) is 3. The third-order valence-corrected chi connectivity index (χ3v) is 4.85. The van der Waals surface area contributed by atoms with E-state index >= 15 is 0 Å². The quantitative estimate of drug-likeness (QED) is 0.841. The molecule has 0 radical (unpaired) electrons. The highest BCUT2D eigenvalue weighted by molar-refractivity contribution is 6.30. The molecule has 26 heavy (non-hydrogen) atoms. The van der Waals surface area contributed by atoms with Crippen molar-refractivity contribution in [3.63, 3.8) is 0 Å². The van der Waals surface area contributed by atoms with Crippen LogP contribution in [0.5, 0.6) is 0 Å². The van der Waals surface area contributed by atoms with E-state index in [0.29, 0.717) is 31.1 Å². The van der Waals surface area contributed by atoms with Gasteiger partial charge in [0.25, 0.3) is 0 Å². The first-order valence-electron chi connectivity index (χ1n) is 8.80. The number of nitrogens with zero attached hydrogens (tertiary/aromatic N) is 3. The molecule has 2 amide bonds. The normalized spacial score (nSPS) is 16.7. The Hall–Kier alpha value is -2.34. The van der Waals surface area contributed by atoms with E-state index in [4.69, 9.17) is 11.6 Å². The minimum atomic E-state index is -0.136. The van der Waals surface area contributed by atoms with Crippen molar-refractivity contribution in [2.45, 2.75) is 26.3 Å². The molecule has 1 fully saturated rings. The van der Waals surface area contributed by atoms with E-state index < -0.39 is 0 Å². The molecule has 0 saturated carbocycles. The average Bonchev–Trinajstić information content (AvgIpc) is 3.26. The Morgan fingerprint density at radius 3 is 2.77 bits per heavy atom. The summed E-state index contributed by atoms with van der Waals surface area (Å²) in [6.07, 6.45) is 5.04. The third-order valence-electron chi connectivity index (χ3n) is 4.60. The standard InChI is InChI=1S/C19H23ClN4O2/c1-14-10-22-24(11-14)13-18(25)23-9-7-16(12-23)19(26)21-8-6-15-2-4-17(20)5-3-15/h2-5,10-11,16H,6-9,12-13H2,1H3,(H,21,26)/t16-/m1/s1. The number of aromatic nitrogens is 2. The lowest BCUT2D eigenvalue weighted by atomic mass is 10.1. The van der Waals surface area contributed by atoms with Gasteiger partial charge in [0.1, 0.15) is 6.54 Å². The van der Waals surface area contributed by atoms with Gasteiger partial charge in [-0.05, 0) is 43.0 Å². The minimum Gasteiger partial charge on any atom is -0.355 e. The molecule has 2 heterocycles. The van der Waals surface area contributed by atoms with Crippen molar-refractivity contribution in [3.05, 3.63) is 52.8 Å². The van der Waals surface area contributed by atoms with Crippen molar-refractivity contribution in [3.8, 4) is 0 Å². The largest absolute Gasteiger partial charge is 0.355 e. The van der Waals surface area contributed by atoms with E-state index in [0.717, 1.165) is 17.5 Å². The van der Waals surface area contributed by atoms with E-state index in [1.165, 1.54) is 0 Å². The number of benzene rings is 1. The van der Waals surface area contributed by atoms with E-state index in [1.54, 1.807) is 15.8 Å². The van der Waals surface area contributed by atoms with Crippen molar-refractivity contribution in [1.29, 1.82) is 0 Å². The molecule has 1 aliphatic heterocycles. The molecule has 1 atom stereocenters. The molecule has 7 heteroatoms. The van der Waals surface area contributed by atoms with Crippen LogP contribution in [0.25, 0.3) is 0 Å². The summed E-state index contributed by atoms with van der Waals surface area (Å²) in [7, 11) is 0. The van der Waals surface area contributed by atoms with Gasteiger partial charge in [-0.1, -0.05) is 23.7 Å². The molecule has 1 aromatic carbocycles. The predicted octanol–water partition coefficient (Wildman–Crippen LogP) is 2.05. The first-order valence-corrected chi connectivity index (χ1v) is 9.18. The van der Waals surface area contributed by atoms with Crippen LogP contribution in [0.15, 0.2) is 36.7 Å². The Morgan fingerprint density at radius 1 is 1.31 bits per heavy atom. The van der Waals surface area contributed by atoms with Gasteiger partial charge in [-0.2, -0.15) is 5.10 Å². The maximum absolute atomic E-state index is 12.3. The summed E-state index contributed by atoms with van der Waals surface area (Å²) >= 11 is 5.87. The molecule has 0 bridgehead atoms. The van der Waals surface area contributed by atoms with Crippen molar-refractivity contribution in [2.75, 3.05) is 19.6 Å². The van der Waals surface area contributed by atoms with E-state index in [-0.39, 0.29) is 24.3 Å². The zero-order valence-electron chi connectivity index (χ0n) is 14.8. The molecule has 1 aromatic heterocycles. The van der Waals surface area contributed by atoms with E-state index in [1.807, 2.05) is 37.4 Å². The van der Waals surface area contributed by atoms with Crippen molar-refractivity contribution < 1.29 is 9.59 Å². The van der Waals surface area contributed by atoms with Gasteiger partial charge in [0.05, 0.1) is 12.1 Å². The van der Waals surface area contributed by atoms with E-state index in [2.05, 4.69) is 10.4 Å². The Kier molecular flexibility index (Phi) is 5.93. The zero-order valence-corrected chi connectivity index (χ0v) is 15.6. The molecule has 1 saturated heterocycles. The monoisotopic (exact) mass is 374 g/mol. The molecular formula is C19H23ClN4O2. The van der Waals surface area contributed by atoms with Crippen molar-refractivity contribution >= 4 is 23.4 Å². The molecule has 0 aliphatic carbocycles. The molecule has 1 N–H and O–H groups in total. The van der Waals surface area contributed by atoms with Gasteiger partial charge in [0.2, 0.25) is 11.8 Å². The second-order valence-electron chi connectivity index (χ2n) is 6.71. The summed E-state index contributed by atoms with van der Waals surface area (Å²) in [4.78, 5) is 26.4. The van der Waals surface area contributed by atoms with Crippen molar-refractivity contribution in [1.82, 2.24) is 20.0 Å². The second-order valence-corrected chi connectivity index (χ2v) is 7.14. The lowest BCUT2D eigenvalue weighted by molar-refractivity contribution is -0.131. The Morgan fingerprint density at radius 2 is 2.08 bits per heavy atom. The molecule has 0 spiro atoms. The van der Waals surface area contributed by atoms with Gasteiger partial charge in [-0.25, -0.2) is 0 Å². The van der Waals surface area contributed by atoms with Gasteiger partial charge in [0, 0.05) is 30.9 Å². The average molecular weight is 375 g/mol. The number of rotatable bonds is 6. The Labute approximate surface area is 158 Å². The van der Waals surface area contributed by atoms with Gasteiger partial charge in [0.15, 0.2) is 0 Å². The third kappa shape index (κ3) is 4.85. The fourth-order valence-electron chi connectivity index (χ4n) is 3.12. The Balaban J connectivity index is 1.41. The highest BCUT2D eigenvalue weighted by Gasteiger charge is 2.30. The summed E-state index contributed by atoms with van der Waals surface area (Å²) in [5, 5.41) is 7.82. The van der Waals surface area contributed by atoms with Crippen LogP contribution in [0, 0.1) is 12.8 Å². The summed E-state index contributed by atoms with van der Waals surface area (Å²) < 4.78 is 1.64. The van der Waals surface area contributed by atoms with Gasteiger partial charge in [-0.3, -0.25) is 14.3 Å².